The summed E-state index contributed by atoms with van der Waals surface area (Å²) in [5, 5.41) is 0. The molecule has 0 aromatic carbocycles. The lowest BCUT2D eigenvalue weighted by Crippen LogP contribution is -2.05. The van der Waals surface area contributed by atoms with Crippen LogP contribution >= 0.6 is 23.2 Å². The first-order valence-corrected chi connectivity index (χ1v) is 5.43. The second-order valence-electron chi connectivity index (χ2n) is 2.06. The van der Waals surface area contributed by atoms with Gasteiger partial charge in [0.15, 0.2) is 0 Å². The minimum absolute atomic E-state index is 0.0950. The minimum atomic E-state index is -0.320. The normalized spacial score (nSPS) is 19.4. The number of hydrogen-bond donors (Lipinski definition) is 0. The molecule has 3 heteroatoms. The Morgan fingerprint density at radius 3 is 2.22 bits per heavy atom. The summed E-state index contributed by atoms with van der Waals surface area (Å²) in [6.45, 7) is 0. The maximum atomic E-state index is 5.62. The summed E-state index contributed by atoms with van der Waals surface area (Å²) in [5.41, 5.74) is 0.602. The van der Waals surface area contributed by atoms with Gasteiger partial charge in [0.2, 0.25) is 0 Å². The van der Waals surface area contributed by atoms with Gasteiger partial charge in [0.1, 0.15) is 0 Å². The van der Waals surface area contributed by atoms with E-state index in [0.29, 0.717) is 5.54 Å². The van der Waals surface area contributed by atoms with Gasteiger partial charge in [-0.25, -0.2) is 0 Å². The van der Waals surface area contributed by atoms with E-state index < -0.39 is 0 Å². The molecular weight excluding hydrogens is 171 g/mol. The van der Waals surface area contributed by atoms with Crippen LogP contribution in [0.4, 0.5) is 0 Å². The molecule has 0 saturated heterocycles. The zero-order valence-electron chi connectivity index (χ0n) is 4.93. The lowest BCUT2D eigenvalue weighted by molar-refractivity contribution is 1.38. The van der Waals surface area contributed by atoms with Crippen molar-refractivity contribution in [3.8, 4) is 0 Å². The summed E-state index contributed by atoms with van der Waals surface area (Å²) in [7, 11) is -0.320. The molecule has 1 aliphatic carbocycles. The fraction of sp³-hybridized carbons (Fsp3) is 0.333. The number of alkyl halides is 2. The highest BCUT2D eigenvalue weighted by Gasteiger charge is 2.08. The highest BCUT2D eigenvalue weighted by molar-refractivity contribution is 6.69. The van der Waals surface area contributed by atoms with Gasteiger partial charge in [0.25, 0.3) is 0 Å². The Kier molecular flexibility index (Phi) is 2.83. The highest BCUT2D eigenvalue weighted by atomic mass is 35.5. The monoisotopic (exact) mass is 178 g/mol. The van der Waals surface area contributed by atoms with Crippen LogP contribution in [0.2, 0.25) is 5.54 Å². The zero-order chi connectivity index (χ0) is 6.69. The van der Waals surface area contributed by atoms with Crippen molar-refractivity contribution >= 4 is 32.7 Å². The maximum absolute atomic E-state index is 5.62. The third kappa shape index (κ3) is 2.56. The Labute approximate surface area is 67.4 Å². The lowest BCUT2D eigenvalue weighted by Gasteiger charge is -2.02. The van der Waals surface area contributed by atoms with Gasteiger partial charge in [-0.3, -0.25) is 0 Å². The molecule has 1 rings (SSSR count). The summed E-state index contributed by atoms with van der Waals surface area (Å²) >= 11 is 11.2. The van der Waals surface area contributed by atoms with E-state index in [2.05, 4.69) is 12.2 Å². The molecule has 0 aromatic heterocycles. The number of halogens is 2. The summed E-state index contributed by atoms with van der Waals surface area (Å²) in [6, 6.07) is 0. The van der Waals surface area contributed by atoms with Crippen LogP contribution in [0, 0.1) is 0 Å². The molecule has 0 spiro atoms. The molecule has 0 radical (unpaired) electrons. The van der Waals surface area contributed by atoms with E-state index in [1.54, 1.807) is 0 Å². The van der Waals surface area contributed by atoms with Gasteiger partial charge in [-0.1, -0.05) is 24.3 Å². The van der Waals surface area contributed by atoms with E-state index in [-0.39, 0.29) is 14.0 Å². The van der Waals surface area contributed by atoms with Crippen molar-refractivity contribution in [1.82, 2.24) is 0 Å². The predicted octanol–water partition coefficient (Wildman–Crippen LogP) is 1.83. The SMILES string of the molecule is ClC(Cl)[SiH2]C1C=CC=C1. The first-order chi connectivity index (χ1) is 4.29. The Bertz CT molecular complexity index is 128. The van der Waals surface area contributed by atoms with Crippen molar-refractivity contribution < 1.29 is 0 Å². The second-order valence-corrected chi connectivity index (χ2v) is 6.60. The molecule has 0 fully saturated rings. The minimum Gasteiger partial charge on any atom is -0.110 e. The quantitative estimate of drug-likeness (QED) is 0.448. The van der Waals surface area contributed by atoms with Gasteiger partial charge in [-0.15, -0.1) is 23.2 Å². The molecule has 0 bridgehead atoms. The van der Waals surface area contributed by atoms with E-state index >= 15 is 0 Å². The molecule has 0 aliphatic heterocycles. The topological polar surface area (TPSA) is 0 Å². The molecule has 0 nitrogen and oxygen atoms in total. The average molecular weight is 179 g/mol. The summed E-state index contributed by atoms with van der Waals surface area (Å²) in [4.78, 5) is 0. The van der Waals surface area contributed by atoms with Gasteiger partial charge in [0, 0.05) is 0 Å². The molecule has 1 aliphatic rings. The first kappa shape index (κ1) is 7.38. The van der Waals surface area contributed by atoms with E-state index in [9.17, 15) is 0 Å². The van der Waals surface area contributed by atoms with E-state index in [1.165, 1.54) is 0 Å². The van der Waals surface area contributed by atoms with Gasteiger partial charge < -0.3 is 0 Å². The Balaban J connectivity index is 2.29. The molecule has 0 N–H and O–H groups in total. The van der Waals surface area contributed by atoms with Crippen molar-refractivity contribution in [2.45, 2.75) is 10.0 Å². The van der Waals surface area contributed by atoms with Gasteiger partial charge in [-0.2, -0.15) is 0 Å². The number of rotatable bonds is 2. The van der Waals surface area contributed by atoms with Crippen molar-refractivity contribution in [2.24, 2.45) is 0 Å². The molecule has 0 atom stereocenters. The van der Waals surface area contributed by atoms with Crippen LogP contribution in [-0.4, -0.2) is 14.0 Å². The fourth-order valence-corrected chi connectivity index (χ4v) is 3.12. The lowest BCUT2D eigenvalue weighted by atomic mass is 10.5. The molecule has 0 heterocycles. The molecule has 0 saturated carbocycles. The van der Waals surface area contributed by atoms with Crippen LogP contribution in [0.5, 0.6) is 0 Å². The Morgan fingerprint density at radius 1 is 1.22 bits per heavy atom. The molecule has 0 amide bonds. The Morgan fingerprint density at radius 2 is 1.78 bits per heavy atom. The van der Waals surface area contributed by atoms with Crippen molar-refractivity contribution in [3.63, 3.8) is 0 Å². The standard InChI is InChI=1S/C6H8Cl2Si/c7-6(8)9-5-3-1-2-4-5/h1-6H,9H2. The first-order valence-electron chi connectivity index (χ1n) is 2.92. The molecule has 0 aromatic rings. The summed E-state index contributed by atoms with van der Waals surface area (Å²) in [5.74, 6) is 0. The maximum Gasteiger partial charge on any atom is 0.0917 e. The number of hydrogen-bond acceptors (Lipinski definition) is 0. The summed E-state index contributed by atoms with van der Waals surface area (Å²) < 4.78 is -0.0950. The third-order valence-corrected chi connectivity index (χ3v) is 3.79. The smallest absolute Gasteiger partial charge is 0.0917 e. The molecular formula is C6H8Cl2Si. The zero-order valence-corrected chi connectivity index (χ0v) is 7.85. The van der Waals surface area contributed by atoms with Gasteiger partial charge in [-0.05, 0) is 5.54 Å². The average Bonchev–Trinajstić information content (AvgIpc) is 2.15. The molecule has 50 valence electrons. The van der Waals surface area contributed by atoms with Crippen molar-refractivity contribution in [2.75, 3.05) is 0 Å². The number of allylic oxidation sites excluding steroid dienone is 4. The Hall–Kier alpha value is 0.277. The van der Waals surface area contributed by atoms with Gasteiger partial charge in [0.05, 0.1) is 14.0 Å². The van der Waals surface area contributed by atoms with Crippen LogP contribution in [0.25, 0.3) is 0 Å². The van der Waals surface area contributed by atoms with Crippen LogP contribution in [-0.2, 0) is 0 Å². The largest absolute Gasteiger partial charge is 0.110 e. The van der Waals surface area contributed by atoms with Crippen molar-refractivity contribution in [1.29, 1.82) is 0 Å². The van der Waals surface area contributed by atoms with Crippen LogP contribution in [0.1, 0.15) is 0 Å². The van der Waals surface area contributed by atoms with E-state index in [4.69, 9.17) is 23.2 Å². The fourth-order valence-electron chi connectivity index (χ4n) is 0.841. The predicted molar refractivity (Wildman–Crippen MR) is 46.1 cm³/mol. The third-order valence-electron chi connectivity index (χ3n) is 1.28. The van der Waals surface area contributed by atoms with Crippen LogP contribution < -0.4 is 0 Å². The van der Waals surface area contributed by atoms with E-state index in [1.807, 2.05) is 12.2 Å². The molecule has 9 heavy (non-hydrogen) atoms. The summed E-state index contributed by atoms with van der Waals surface area (Å²) in [6.07, 6.45) is 8.41. The highest BCUT2D eigenvalue weighted by Crippen LogP contribution is 2.17. The molecule has 0 unspecified atom stereocenters. The van der Waals surface area contributed by atoms with Gasteiger partial charge >= 0.3 is 0 Å². The van der Waals surface area contributed by atoms with Crippen LogP contribution in [0.15, 0.2) is 24.3 Å². The van der Waals surface area contributed by atoms with Crippen LogP contribution in [0.3, 0.4) is 0 Å². The van der Waals surface area contributed by atoms with E-state index in [0.717, 1.165) is 0 Å². The van der Waals surface area contributed by atoms with Crippen molar-refractivity contribution in [3.05, 3.63) is 24.3 Å². The second kappa shape index (κ2) is 3.45.